The van der Waals surface area contributed by atoms with Crippen LogP contribution in [0.5, 0.6) is 0 Å². The van der Waals surface area contributed by atoms with Crippen molar-refractivity contribution in [3.05, 3.63) is 83.7 Å². The summed E-state index contributed by atoms with van der Waals surface area (Å²) in [7, 11) is 0. The molecule has 4 nitrogen and oxygen atoms in total. The number of ether oxygens (including phenoxy) is 1. The van der Waals surface area contributed by atoms with Crippen LogP contribution in [0.1, 0.15) is 30.0 Å². The molecule has 0 aromatic heterocycles. The summed E-state index contributed by atoms with van der Waals surface area (Å²) in [4.78, 5) is 1.51. The van der Waals surface area contributed by atoms with Crippen LogP contribution in [0.3, 0.4) is 0 Å². The number of hydrogen-bond acceptors (Lipinski definition) is 4. The maximum absolute atomic E-state index is 10.5. The molecule has 4 heteroatoms. The number of benzene rings is 2. The number of allylic oxidation sites excluding steroid dienone is 1. The van der Waals surface area contributed by atoms with Crippen LogP contribution in [-0.4, -0.2) is 28.1 Å². The molecule has 0 aliphatic carbocycles. The Morgan fingerprint density at radius 3 is 2.39 bits per heavy atom. The van der Waals surface area contributed by atoms with E-state index in [1.165, 1.54) is 4.90 Å². The van der Waals surface area contributed by atoms with Crippen LogP contribution in [0.15, 0.2) is 72.6 Å². The van der Waals surface area contributed by atoms with Crippen molar-refractivity contribution in [2.45, 2.75) is 25.3 Å². The van der Waals surface area contributed by atoms with Gasteiger partial charge in [0.15, 0.2) is 5.88 Å². The second-order valence-corrected chi connectivity index (χ2v) is 5.72. The lowest BCUT2D eigenvalue weighted by molar-refractivity contribution is -0.135. The van der Waals surface area contributed by atoms with Gasteiger partial charge in [-0.3, -0.25) is 4.90 Å². The van der Waals surface area contributed by atoms with E-state index in [-0.39, 0.29) is 17.8 Å². The third-order valence-corrected chi connectivity index (χ3v) is 4.15. The topological polar surface area (TPSA) is 52.9 Å². The summed E-state index contributed by atoms with van der Waals surface area (Å²) in [6.07, 6.45) is 0.600. The maximum Gasteiger partial charge on any atom is 0.240 e. The molecule has 0 radical (unpaired) electrons. The monoisotopic (exact) mass is 311 g/mol. The third kappa shape index (κ3) is 3.38. The van der Waals surface area contributed by atoms with Gasteiger partial charge in [0, 0.05) is 5.92 Å². The summed E-state index contributed by atoms with van der Waals surface area (Å²) in [5.74, 6) is 0.0561. The van der Waals surface area contributed by atoms with Crippen LogP contribution in [0.4, 0.5) is 0 Å². The van der Waals surface area contributed by atoms with Gasteiger partial charge in [-0.2, -0.15) is 0 Å². The molecule has 2 aromatic carbocycles. The molecule has 2 aromatic rings. The van der Waals surface area contributed by atoms with Crippen LogP contribution >= 0.6 is 0 Å². The van der Waals surface area contributed by atoms with E-state index in [0.717, 1.165) is 11.1 Å². The van der Waals surface area contributed by atoms with E-state index in [2.05, 4.69) is 0 Å². The Balaban J connectivity index is 1.84. The van der Waals surface area contributed by atoms with Gasteiger partial charge in [-0.15, -0.1) is 0 Å². The summed E-state index contributed by atoms with van der Waals surface area (Å²) in [6.45, 7) is 2.34. The van der Waals surface area contributed by atoms with Gasteiger partial charge < -0.3 is 14.9 Å². The highest BCUT2D eigenvalue weighted by atomic mass is 16.6. The highest BCUT2D eigenvalue weighted by molar-refractivity contribution is 5.25. The quantitative estimate of drug-likeness (QED) is 0.848. The molecule has 1 unspecified atom stereocenters. The molecule has 3 atom stereocenters. The van der Waals surface area contributed by atoms with Crippen LogP contribution < -0.4 is 0 Å². The number of hydrogen-bond donors (Lipinski definition) is 2. The fraction of sp³-hybridized carbons (Fsp3) is 0.263. The summed E-state index contributed by atoms with van der Waals surface area (Å²) in [5.41, 5.74) is 2.10. The van der Waals surface area contributed by atoms with Gasteiger partial charge in [0.25, 0.3) is 0 Å². The van der Waals surface area contributed by atoms with Crippen molar-refractivity contribution in [1.29, 1.82) is 0 Å². The zero-order valence-electron chi connectivity index (χ0n) is 13.0. The minimum atomic E-state index is -1.14. The first-order chi connectivity index (χ1) is 11.2. The van der Waals surface area contributed by atoms with Crippen molar-refractivity contribution in [2.75, 3.05) is 6.61 Å². The van der Waals surface area contributed by atoms with Gasteiger partial charge in [-0.1, -0.05) is 67.6 Å². The average Bonchev–Trinajstić information content (AvgIpc) is 2.98. The predicted octanol–water partition coefficient (Wildman–Crippen LogP) is 3.54. The molecule has 120 valence electrons. The minimum absolute atomic E-state index is 0.0280. The number of rotatable bonds is 4. The second-order valence-electron chi connectivity index (χ2n) is 5.72. The molecular formula is C19H21NO3. The zero-order chi connectivity index (χ0) is 16.2. The van der Waals surface area contributed by atoms with Crippen LogP contribution in [0, 0.1) is 0 Å². The molecule has 2 N–H and O–H groups in total. The van der Waals surface area contributed by atoms with Gasteiger partial charge >= 0.3 is 0 Å². The fourth-order valence-corrected chi connectivity index (χ4v) is 2.86. The van der Waals surface area contributed by atoms with E-state index in [1.54, 1.807) is 6.08 Å². The van der Waals surface area contributed by atoms with Crippen LogP contribution in [0.2, 0.25) is 0 Å². The first-order valence-corrected chi connectivity index (χ1v) is 7.75. The van der Waals surface area contributed by atoms with E-state index in [0.29, 0.717) is 6.61 Å². The summed E-state index contributed by atoms with van der Waals surface area (Å²) < 4.78 is 5.32. The molecule has 0 spiro atoms. The number of aliphatic hydroxyl groups excluding tert-OH is 2. The molecule has 23 heavy (non-hydrogen) atoms. The number of aliphatic hydroxyl groups is 2. The normalized spacial score (nSPS) is 23.0. The molecule has 1 heterocycles. The van der Waals surface area contributed by atoms with Crippen molar-refractivity contribution in [2.24, 2.45) is 0 Å². The molecular weight excluding hydrogens is 290 g/mol. The lowest BCUT2D eigenvalue weighted by Gasteiger charge is -2.27. The van der Waals surface area contributed by atoms with Crippen molar-refractivity contribution >= 4 is 0 Å². The summed E-state index contributed by atoms with van der Waals surface area (Å²) >= 11 is 0. The van der Waals surface area contributed by atoms with E-state index >= 15 is 0 Å². The molecule has 1 fully saturated rings. The first kappa shape index (κ1) is 15.6. The molecule has 0 bridgehead atoms. The highest BCUT2D eigenvalue weighted by Gasteiger charge is 2.35. The minimum Gasteiger partial charge on any atom is -0.495 e. The van der Waals surface area contributed by atoms with E-state index in [4.69, 9.17) is 4.74 Å². The highest BCUT2D eigenvalue weighted by Crippen LogP contribution is 2.33. The largest absolute Gasteiger partial charge is 0.495 e. The maximum atomic E-state index is 10.5. The van der Waals surface area contributed by atoms with E-state index in [9.17, 15) is 10.2 Å². The Bertz CT molecular complexity index is 657. The Morgan fingerprint density at radius 2 is 1.74 bits per heavy atom. The fourth-order valence-electron chi connectivity index (χ4n) is 2.86. The average molecular weight is 311 g/mol. The van der Waals surface area contributed by atoms with Gasteiger partial charge in [0.2, 0.25) is 6.41 Å². The third-order valence-electron chi connectivity index (χ3n) is 4.15. The van der Waals surface area contributed by atoms with E-state index in [1.807, 2.05) is 67.6 Å². The Hall–Kier alpha value is -2.30. The molecule has 1 aliphatic rings. The van der Waals surface area contributed by atoms with Crippen molar-refractivity contribution in [3.8, 4) is 0 Å². The van der Waals surface area contributed by atoms with E-state index < -0.39 is 6.41 Å². The molecule has 0 saturated carbocycles. The lowest BCUT2D eigenvalue weighted by Crippen LogP contribution is -2.31. The second kappa shape index (κ2) is 6.86. The van der Waals surface area contributed by atoms with Crippen LogP contribution in [-0.2, 0) is 4.74 Å². The zero-order valence-corrected chi connectivity index (χ0v) is 13.0. The summed E-state index contributed by atoms with van der Waals surface area (Å²) in [6, 6.07) is 19.5. The van der Waals surface area contributed by atoms with Gasteiger partial charge in [0.1, 0.15) is 0 Å². The molecule has 3 rings (SSSR count). The van der Waals surface area contributed by atoms with Crippen molar-refractivity contribution in [1.82, 2.24) is 4.90 Å². The van der Waals surface area contributed by atoms with Crippen molar-refractivity contribution in [3.63, 3.8) is 0 Å². The smallest absolute Gasteiger partial charge is 0.240 e. The Kier molecular flexibility index (Phi) is 4.65. The van der Waals surface area contributed by atoms with Crippen molar-refractivity contribution < 1.29 is 14.9 Å². The standard InChI is InChI=1S/C19H21NO3/c1-14(15-8-4-2-5-9-15)12-18(21)20-17(13-23-19(20)22)16-10-6-3-7-11-16/h2-12,14,17,19,21-22H,13H2,1H3/b18-12-/t14-,17+,19?/m1/s1. The lowest BCUT2D eigenvalue weighted by atomic mass is 10.0. The first-order valence-electron chi connectivity index (χ1n) is 7.75. The SMILES string of the molecule is C[C@H](/C=C(\O)N1C(O)OC[C@H]1c1ccccc1)c1ccccc1. The number of nitrogens with zero attached hydrogens (tertiary/aromatic N) is 1. The van der Waals surface area contributed by atoms with Gasteiger partial charge in [0.05, 0.1) is 12.6 Å². The molecule has 0 amide bonds. The van der Waals surface area contributed by atoms with Gasteiger partial charge in [-0.05, 0) is 17.2 Å². The van der Waals surface area contributed by atoms with Crippen LogP contribution in [0.25, 0.3) is 0 Å². The molecule has 1 aliphatic heterocycles. The molecule has 1 saturated heterocycles. The summed E-state index contributed by atoms with van der Waals surface area (Å²) in [5, 5.41) is 20.6. The Labute approximate surface area is 136 Å². The van der Waals surface area contributed by atoms with Gasteiger partial charge in [-0.25, -0.2) is 0 Å². The Morgan fingerprint density at radius 1 is 1.13 bits per heavy atom. The predicted molar refractivity (Wildman–Crippen MR) is 88.5 cm³/mol.